The van der Waals surface area contributed by atoms with E-state index < -0.39 is 0 Å². The lowest BCUT2D eigenvalue weighted by molar-refractivity contribution is 0.807. The molecule has 148 heavy (non-hydrogen) atoms. The molecule has 738 valence electrons. The summed E-state index contributed by atoms with van der Waals surface area (Å²) < 4.78 is 12.6. The molecule has 15 aromatic carbocycles. The molecule has 6 heterocycles. The van der Waals surface area contributed by atoms with Crippen molar-refractivity contribution in [3.8, 4) is 102 Å². The van der Waals surface area contributed by atoms with Crippen LogP contribution in [0.3, 0.4) is 0 Å². The van der Waals surface area contributed by atoms with Crippen molar-refractivity contribution in [2.24, 2.45) is 0 Å². The van der Waals surface area contributed by atoms with Gasteiger partial charge in [0.1, 0.15) is 11.6 Å². The van der Waals surface area contributed by atoms with Crippen LogP contribution in [0.2, 0.25) is 0 Å². The molecule has 0 aliphatic rings. The van der Waals surface area contributed by atoms with Gasteiger partial charge in [0, 0.05) is 71.8 Å². The number of hydrogen-bond donors (Lipinski definition) is 0. The second-order valence-corrected chi connectivity index (χ2v) is 40.9. The Kier molecular flexibility index (Phi) is 31.7. The first-order valence-electron chi connectivity index (χ1n) is 52.7. The van der Waals surface area contributed by atoms with E-state index in [0.29, 0.717) is 17.8 Å². The number of aromatic nitrogens is 12. The van der Waals surface area contributed by atoms with E-state index in [9.17, 15) is 0 Å². The van der Waals surface area contributed by atoms with Crippen molar-refractivity contribution < 1.29 is 0 Å². The van der Waals surface area contributed by atoms with Crippen LogP contribution in [0.25, 0.3) is 102 Å². The topological polar surface area (TPSA) is 107 Å². The fourth-order valence-electron chi connectivity index (χ4n) is 21.3. The molecule has 0 amide bonds. The van der Waals surface area contributed by atoms with E-state index in [1.807, 2.05) is 71.1 Å². The first-order valence-corrected chi connectivity index (χ1v) is 52.7. The number of aryl methyl sites for hydroxylation is 19. The van der Waals surface area contributed by atoms with Crippen LogP contribution in [0, 0.1) is 48.5 Å². The maximum Gasteiger partial charge on any atom is 0.144 e. The summed E-state index contributed by atoms with van der Waals surface area (Å²) in [5.74, 6) is 3.01. The molecule has 12 nitrogen and oxygen atoms in total. The number of imidazole rings is 2. The lowest BCUT2D eigenvalue weighted by Gasteiger charge is -2.24. The highest BCUT2D eigenvalue weighted by molar-refractivity contribution is 5.76. The van der Waals surface area contributed by atoms with Crippen LogP contribution in [-0.2, 0) is 77.0 Å². The minimum atomic E-state index is 0.347. The summed E-state index contributed by atoms with van der Waals surface area (Å²) in [6.07, 6.45) is 31.5. The second-order valence-electron chi connectivity index (χ2n) is 40.9. The quantitative estimate of drug-likeness (QED) is 0.0406. The van der Waals surface area contributed by atoms with Crippen LogP contribution >= 0.6 is 0 Å². The van der Waals surface area contributed by atoms with Gasteiger partial charge in [-0.2, -0.15) is 20.4 Å². The van der Waals surface area contributed by atoms with Crippen molar-refractivity contribution >= 4 is 0 Å². The average Bonchev–Trinajstić information content (AvgIpc) is 1.45. The number of benzene rings is 15. The van der Waals surface area contributed by atoms with E-state index in [1.54, 1.807) is 0 Å². The molecule has 0 spiro atoms. The zero-order valence-electron chi connectivity index (χ0n) is 87.8. The van der Waals surface area contributed by atoms with Crippen LogP contribution in [0.15, 0.2) is 414 Å². The molecule has 0 radical (unpaired) electrons. The number of rotatable bonds is 33. The van der Waals surface area contributed by atoms with Gasteiger partial charge in [-0.3, -0.25) is 9.13 Å². The molecule has 0 N–H and O–H groups in total. The van der Waals surface area contributed by atoms with E-state index >= 15 is 0 Å². The van der Waals surface area contributed by atoms with Gasteiger partial charge < -0.3 is 0 Å². The Labute approximate surface area is 875 Å². The van der Waals surface area contributed by atoms with Crippen molar-refractivity contribution in [2.45, 2.75) is 185 Å². The summed E-state index contributed by atoms with van der Waals surface area (Å²) in [6.45, 7) is 29.1. The smallest absolute Gasteiger partial charge is 0.144 e. The Morgan fingerprint density at radius 3 is 0.831 bits per heavy atom. The van der Waals surface area contributed by atoms with Gasteiger partial charge in [0.15, 0.2) is 0 Å². The highest BCUT2D eigenvalue weighted by Crippen LogP contribution is 2.42. The van der Waals surface area contributed by atoms with Crippen molar-refractivity contribution in [1.29, 1.82) is 0 Å². The summed E-state index contributed by atoms with van der Waals surface area (Å²) in [4.78, 5) is 9.88. The third-order valence-electron chi connectivity index (χ3n) is 28.8. The number of hydrogen-bond acceptors (Lipinski definition) is 6. The average molecular weight is 1940 g/mol. The van der Waals surface area contributed by atoms with Gasteiger partial charge in [-0.15, -0.1) is 0 Å². The van der Waals surface area contributed by atoms with Crippen molar-refractivity contribution in [3.05, 3.63) is 536 Å². The fourth-order valence-corrected chi connectivity index (χ4v) is 21.3. The minimum absolute atomic E-state index is 0.347. The van der Waals surface area contributed by atoms with Crippen LogP contribution < -0.4 is 0 Å². The van der Waals surface area contributed by atoms with Crippen LogP contribution in [0.4, 0.5) is 0 Å². The van der Waals surface area contributed by atoms with Crippen LogP contribution in [-0.4, -0.2) is 58.2 Å². The Morgan fingerprint density at radius 1 is 0.209 bits per heavy atom. The van der Waals surface area contributed by atoms with Gasteiger partial charge >= 0.3 is 0 Å². The summed E-state index contributed by atoms with van der Waals surface area (Å²) in [5, 5.41) is 18.1. The van der Waals surface area contributed by atoms with Crippen LogP contribution in [0.1, 0.15) is 182 Å². The highest BCUT2D eigenvalue weighted by Gasteiger charge is 2.25. The molecule has 0 saturated carbocycles. The predicted octanol–water partition coefficient (Wildman–Crippen LogP) is 32.4. The maximum atomic E-state index is 4.97. The lowest BCUT2D eigenvalue weighted by atomic mass is 9.88. The summed E-state index contributed by atoms with van der Waals surface area (Å²) in [7, 11) is 0. The molecular weight excluding hydrogens is 1800 g/mol. The zero-order valence-corrected chi connectivity index (χ0v) is 87.8. The fraction of sp³-hybridized carbons (Fsp3) is 0.206. The third kappa shape index (κ3) is 24.2. The molecule has 0 atom stereocenters. The van der Waals surface area contributed by atoms with E-state index in [-0.39, 0.29) is 0 Å². The van der Waals surface area contributed by atoms with E-state index in [0.717, 1.165) is 134 Å². The van der Waals surface area contributed by atoms with Gasteiger partial charge in [0.2, 0.25) is 0 Å². The Bertz CT molecular complexity index is 7700. The SMILES string of the molecule is Cc1cc(-c2ccccc2)cc(C(C)C)c1-n1ccnc1-c1cccc(CCc2ccc(CCc3cccc(-c4nccn4-c4c(C(C)C)cc(-c5ccccc5)cc4C(C)C)c3)cc2)c1.Cc1cc(C)c(-c2ccnn2-c2cccc(CCc3ccc(CCc4cccc(-n5nccc5-c5c(C)cc(C)cc5C)c4)cc3)c2)c(C)c1.c1cc(CCc2ccc(CCc3cccc(-n4cccn4)c3)cc2)cc(-n2cccn2)c1. The van der Waals surface area contributed by atoms with Gasteiger partial charge in [-0.25, -0.2) is 28.7 Å². The monoisotopic (exact) mass is 1940 g/mol. The van der Waals surface area contributed by atoms with Crippen LogP contribution in [0.5, 0.6) is 0 Å². The van der Waals surface area contributed by atoms with Crippen molar-refractivity contribution in [2.75, 3.05) is 0 Å². The molecule has 0 aliphatic heterocycles. The molecule has 0 saturated heterocycles. The second kappa shape index (κ2) is 46.7. The van der Waals surface area contributed by atoms with Crippen molar-refractivity contribution in [1.82, 2.24) is 58.2 Å². The Balaban J connectivity index is 0.000000148. The zero-order chi connectivity index (χ0) is 102. The molecule has 6 aromatic heterocycles. The Hall–Kier alpha value is -16.4. The molecule has 12 heteroatoms. The third-order valence-corrected chi connectivity index (χ3v) is 28.8. The normalized spacial score (nSPS) is 11.4. The molecule has 21 rings (SSSR count). The highest BCUT2D eigenvalue weighted by atomic mass is 15.3. The largest absolute Gasteiger partial charge is 0.299 e. The van der Waals surface area contributed by atoms with E-state index in [1.165, 1.54) is 167 Å². The van der Waals surface area contributed by atoms with Gasteiger partial charge in [-0.05, 0) is 386 Å². The standard InChI is InChI=1S/C62H62N4.C46H46N4.C28H26N4/c1-42(2)56-39-54(50-18-10-8-11-19-50)36-45(7)59(56)65-34-32-63-61(65)52-22-14-16-48(37-52)30-28-46-24-26-47(27-25-46)29-31-49-17-15-23-53(38-49)62-64-33-35-66(62)60-57(43(3)4)40-55(41-58(60)44(5)6)51-20-12-9-13-21-51;1-31-25-33(3)45(34(4)26-31)43-21-23-47-49(43)41-11-7-9-39(29-41)19-17-37-13-15-38(16-14-37)18-20-40-10-8-12-42(30-40)50-44(22-24-48-50)46-35(5)27-32(2)28-36(46)6;1-5-25(21-27(7-1)31-19-3-17-29-31)15-13-23-9-11-24(12-10-23)14-16-26-6-2-8-28(22-26)32-20-4-18-30-32/h8-27,32-44H,28-31H2,1-7H3;7-16,21-30H,17-20H2,1-6H3;1-12,17-22H,13-16H2. The summed E-state index contributed by atoms with van der Waals surface area (Å²) in [5.41, 5.74) is 48.1. The molecule has 21 aromatic rings. The first kappa shape index (κ1) is 100. The maximum absolute atomic E-state index is 4.97. The van der Waals surface area contributed by atoms with Gasteiger partial charge in [-0.1, -0.05) is 295 Å². The van der Waals surface area contributed by atoms with Gasteiger partial charge in [0.05, 0.1) is 57.9 Å². The first-order chi connectivity index (χ1) is 72.2. The van der Waals surface area contributed by atoms with E-state index in [4.69, 9.17) is 20.2 Å². The molecular formula is C136H134N12. The Morgan fingerprint density at radius 2 is 0.500 bits per heavy atom. The molecule has 0 unspecified atom stereocenters. The minimum Gasteiger partial charge on any atom is -0.299 e. The van der Waals surface area contributed by atoms with Crippen molar-refractivity contribution in [3.63, 3.8) is 0 Å². The number of nitrogens with zero attached hydrogens (tertiary/aromatic N) is 12. The molecule has 0 fully saturated rings. The molecule has 0 bridgehead atoms. The lowest BCUT2D eigenvalue weighted by Crippen LogP contribution is -2.09. The summed E-state index contributed by atoms with van der Waals surface area (Å²) >= 11 is 0. The predicted molar refractivity (Wildman–Crippen MR) is 613 cm³/mol. The molecule has 0 aliphatic carbocycles. The van der Waals surface area contributed by atoms with E-state index in [2.05, 4.69) is 471 Å². The van der Waals surface area contributed by atoms with Gasteiger partial charge in [0.25, 0.3) is 0 Å². The summed E-state index contributed by atoms with van der Waals surface area (Å²) in [6, 6.07) is 128.